The van der Waals surface area contributed by atoms with Gasteiger partial charge in [-0.15, -0.1) is 0 Å². The molecule has 2 heterocycles. The molecule has 1 saturated heterocycles. The predicted molar refractivity (Wildman–Crippen MR) is 90.6 cm³/mol. The zero-order chi connectivity index (χ0) is 16.2. The number of nitrogens with zero attached hydrogens (tertiary/aromatic N) is 3. The quantitative estimate of drug-likeness (QED) is 0.743. The Bertz CT molecular complexity index is 695. The van der Waals surface area contributed by atoms with E-state index in [0.29, 0.717) is 5.56 Å². The van der Waals surface area contributed by atoms with Crippen LogP contribution in [0.3, 0.4) is 0 Å². The number of carbonyl (C=O) groups is 1. The van der Waals surface area contributed by atoms with Crippen LogP contribution in [-0.2, 0) is 16.0 Å². The van der Waals surface area contributed by atoms with Crippen LogP contribution in [0.15, 0.2) is 22.8 Å². The van der Waals surface area contributed by atoms with Gasteiger partial charge in [-0.3, -0.25) is 9.58 Å². The van der Waals surface area contributed by atoms with Crippen LogP contribution in [0.1, 0.15) is 16.8 Å². The molecule has 0 bridgehead atoms. The number of aryl methyl sites for hydroxylation is 1. The molecule has 1 aromatic carbocycles. The lowest BCUT2D eigenvalue weighted by atomic mass is 10.1. The van der Waals surface area contributed by atoms with Gasteiger partial charge in [-0.2, -0.15) is 5.10 Å². The van der Waals surface area contributed by atoms with Crippen molar-refractivity contribution in [3.63, 3.8) is 0 Å². The molecule has 0 atom stereocenters. The number of fused-ring (bicyclic) bond motifs is 1. The highest BCUT2D eigenvalue weighted by Gasteiger charge is 2.14. The molecule has 2 aromatic rings. The molecular weight excluding hydrogens is 362 g/mol. The fourth-order valence-electron chi connectivity index (χ4n) is 2.82. The average molecular weight is 382 g/mol. The van der Waals surface area contributed by atoms with Crippen molar-refractivity contribution in [2.24, 2.45) is 0 Å². The highest BCUT2D eigenvalue weighted by atomic mass is 79.9. The van der Waals surface area contributed by atoms with Crippen molar-refractivity contribution in [2.75, 3.05) is 40.0 Å². The van der Waals surface area contributed by atoms with Crippen LogP contribution in [0.25, 0.3) is 10.9 Å². The summed E-state index contributed by atoms with van der Waals surface area (Å²) in [5.41, 5.74) is 1.48. The largest absolute Gasteiger partial charge is 0.465 e. The Kier molecular flexibility index (Phi) is 5.30. The second kappa shape index (κ2) is 7.42. The Morgan fingerprint density at radius 3 is 2.87 bits per heavy atom. The second-order valence-corrected chi connectivity index (χ2v) is 6.41. The molecule has 0 amide bonds. The van der Waals surface area contributed by atoms with Gasteiger partial charge in [0.2, 0.25) is 0 Å². The van der Waals surface area contributed by atoms with Gasteiger partial charge in [-0.1, -0.05) is 15.9 Å². The van der Waals surface area contributed by atoms with Gasteiger partial charge >= 0.3 is 5.97 Å². The summed E-state index contributed by atoms with van der Waals surface area (Å²) in [7, 11) is 1.39. The minimum Gasteiger partial charge on any atom is -0.465 e. The fourth-order valence-corrected chi connectivity index (χ4v) is 3.37. The van der Waals surface area contributed by atoms with Crippen LogP contribution in [0.5, 0.6) is 0 Å². The average Bonchev–Trinajstić information content (AvgIpc) is 2.99. The molecule has 0 spiro atoms. The maximum atomic E-state index is 11.8. The molecule has 1 aromatic heterocycles. The molecule has 0 unspecified atom stereocenters. The third-order valence-corrected chi connectivity index (χ3v) is 4.74. The Hall–Kier alpha value is -1.44. The zero-order valence-corrected chi connectivity index (χ0v) is 14.7. The van der Waals surface area contributed by atoms with Crippen molar-refractivity contribution in [1.29, 1.82) is 0 Å². The molecule has 23 heavy (non-hydrogen) atoms. The van der Waals surface area contributed by atoms with Gasteiger partial charge in [0, 0.05) is 36.0 Å². The maximum absolute atomic E-state index is 11.8. The molecular formula is C16H20BrN3O3. The number of morpholine rings is 1. The number of hydrogen-bond acceptors (Lipinski definition) is 5. The van der Waals surface area contributed by atoms with Crippen LogP contribution in [0, 0.1) is 0 Å². The number of ether oxygens (including phenoxy) is 2. The Morgan fingerprint density at radius 1 is 1.35 bits per heavy atom. The van der Waals surface area contributed by atoms with E-state index in [0.717, 1.165) is 61.2 Å². The molecule has 1 aliphatic heterocycles. The number of benzene rings is 1. The zero-order valence-electron chi connectivity index (χ0n) is 13.1. The summed E-state index contributed by atoms with van der Waals surface area (Å²) < 4.78 is 13.0. The second-order valence-electron chi connectivity index (χ2n) is 5.56. The third kappa shape index (κ3) is 3.73. The van der Waals surface area contributed by atoms with Gasteiger partial charge in [-0.25, -0.2) is 4.79 Å². The molecule has 124 valence electrons. The number of hydrogen-bond donors (Lipinski definition) is 0. The van der Waals surface area contributed by atoms with Crippen molar-refractivity contribution in [3.8, 4) is 0 Å². The molecule has 0 N–H and O–H groups in total. The van der Waals surface area contributed by atoms with Gasteiger partial charge in [-0.05, 0) is 18.6 Å². The van der Waals surface area contributed by atoms with Gasteiger partial charge < -0.3 is 9.47 Å². The highest BCUT2D eigenvalue weighted by molar-refractivity contribution is 9.10. The minimum atomic E-state index is -0.339. The number of esters is 1. The van der Waals surface area contributed by atoms with Crippen molar-refractivity contribution >= 4 is 32.8 Å². The Balaban J connectivity index is 1.72. The monoisotopic (exact) mass is 381 g/mol. The minimum absolute atomic E-state index is 0.339. The SMILES string of the molecule is COC(=O)c1cc(Br)c2cnn(CCCN3CCOCC3)c2c1. The van der Waals surface area contributed by atoms with E-state index in [4.69, 9.17) is 9.47 Å². The third-order valence-electron chi connectivity index (χ3n) is 4.08. The van der Waals surface area contributed by atoms with E-state index in [1.165, 1.54) is 7.11 Å². The fraction of sp³-hybridized carbons (Fsp3) is 0.500. The van der Waals surface area contributed by atoms with E-state index in [1.807, 2.05) is 16.9 Å². The lowest BCUT2D eigenvalue weighted by Gasteiger charge is -2.26. The lowest BCUT2D eigenvalue weighted by molar-refractivity contribution is 0.0368. The van der Waals surface area contributed by atoms with Gasteiger partial charge in [0.25, 0.3) is 0 Å². The van der Waals surface area contributed by atoms with E-state index < -0.39 is 0 Å². The topological polar surface area (TPSA) is 56.6 Å². The first kappa shape index (κ1) is 16.4. The van der Waals surface area contributed by atoms with E-state index in [-0.39, 0.29) is 5.97 Å². The van der Waals surface area contributed by atoms with Crippen LogP contribution in [0.2, 0.25) is 0 Å². The smallest absolute Gasteiger partial charge is 0.337 e. The van der Waals surface area contributed by atoms with E-state index in [2.05, 4.69) is 25.9 Å². The van der Waals surface area contributed by atoms with Gasteiger partial charge in [0.1, 0.15) is 0 Å². The predicted octanol–water partition coefficient (Wildman–Crippen LogP) is 2.31. The van der Waals surface area contributed by atoms with Crippen molar-refractivity contribution in [3.05, 3.63) is 28.4 Å². The first-order valence-corrected chi connectivity index (χ1v) is 8.52. The van der Waals surface area contributed by atoms with E-state index in [1.54, 1.807) is 6.07 Å². The molecule has 1 aliphatic rings. The van der Waals surface area contributed by atoms with Gasteiger partial charge in [0.15, 0.2) is 0 Å². The van der Waals surface area contributed by atoms with Crippen LogP contribution in [0.4, 0.5) is 0 Å². The number of halogens is 1. The number of aromatic nitrogens is 2. The molecule has 3 rings (SSSR count). The molecule has 7 heteroatoms. The summed E-state index contributed by atoms with van der Waals surface area (Å²) in [6.45, 7) is 5.48. The summed E-state index contributed by atoms with van der Waals surface area (Å²) >= 11 is 3.51. The van der Waals surface area contributed by atoms with Crippen molar-refractivity contribution in [2.45, 2.75) is 13.0 Å². The summed E-state index contributed by atoms with van der Waals surface area (Å²) in [5, 5.41) is 5.46. The number of methoxy groups -OCH3 is 1. The first-order valence-electron chi connectivity index (χ1n) is 7.72. The molecule has 6 nitrogen and oxygen atoms in total. The normalized spacial score (nSPS) is 15.9. The molecule has 0 radical (unpaired) electrons. The van der Waals surface area contributed by atoms with Crippen molar-refractivity contribution < 1.29 is 14.3 Å². The number of rotatable bonds is 5. The van der Waals surface area contributed by atoms with Crippen LogP contribution < -0.4 is 0 Å². The van der Waals surface area contributed by atoms with Crippen LogP contribution >= 0.6 is 15.9 Å². The number of carbonyl (C=O) groups excluding carboxylic acids is 1. The summed E-state index contributed by atoms with van der Waals surface area (Å²) in [6, 6.07) is 3.61. The first-order chi connectivity index (χ1) is 11.2. The molecule has 1 fully saturated rings. The lowest BCUT2D eigenvalue weighted by Crippen LogP contribution is -2.37. The van der Waals surface area contributed by atoms with Crippen molar-refractivity contribution in [1.82, 2.24) is 14.7 Å². The molecule has 0 saturated carbocycles. The van der Waals surface area contributed by atoms with E-state index >= 15 is 0 Å². The van der Waals surface area contributed by atoms with Gasteiger partial charge in [0.05, 0.1) is 37.6 Å². The summed E-state index contributed by atoms with van der Waals surface area (Å²) in [4.78, 5) is 14.2. The van der Waals surface area contributed by atoms with Crippen LogP contribution in [-0.4, -0.2) is 60.6 Å². The highest BCUT2D eigenvalue weighted by Crippen LogP contribution is 2.26. The van der Waals surface area contributed by atoms with E-state index in [9.17, 15) is 4.79 Å². The summed E-state index contributed by atoms with van der Waals surface area (Å²) in [6.07, 6.45) is 2.84. The standard InChI is InChI=1S/C16H20BrN3O3/c1-22-16(21)12-9-14(17)13-11-18-20(15(13)10-12)4-2-3-19-5-7-23-8-6-19/h9-11H,2-8H2,1H3. The Morgan fingerprint density at radius 2 is 2.13 bits per heavy atom. The summed E-state index contributed by atoms with van der Waals surface area (Å²) in [5.74, 6) is -0.339. The molecule has 0 aliphatic carbocycles. The maximum Gasteiger partial charge on any atom is 0.337 e. The Labute approximate surface area is 143 Å².